The Hall–Kier alpha value is -1.06. The van der Waals surface area contributed by atoms with Crippen LogP contribution in [0.3, 0.4) is 0 Å². The van der Waals surface area contributed by atoms with E-state index in [0.29, 0.717) is 17.8 Å². The summed E-state index contributed by atoms with van der Waals surface area (Å²) < 4.78 is 0. The van der Waals surface area contributed by atoms with E-state index < -0.39 is 0 Å². The predicted molar refractivity (Wildman–Crippen MR) is 72.7 cm³/mol. The Kier molecular flexibility index (Phi) is 3.93. The smallest absolute Gasteiger partial charge is 0.121 e. The molecule has 18 heavy (non-hydrogen) atoms. The van der Waals surface area contributed by atoms with Crippen LogP contribution in [0.4, 0.5) is 0 Å². The Morgan fingerprint density at radius 3 is 2.33 bits per heavy atom. The molecule has 0 heterocycles. The summed E-state index contributed by atoms with van der Waals surface area (Å²) in [5, 5.41) is 22.2. The molecule has 3 N–H and O–H groups in total. The van der Waals surface area contributed by atoms with E-state index in [9.17, 15) is 5.11 Å². The molecule has 3 heteroatoms. The van der Waals surface area contributed by atoms with E-state index in [0.717, 1.165) is 30.6 Å². The number of phenolic OH excluding ortho intramolecular Hbond substituents is 1. The van der Waals surface area contributed by atoms with E-state index in [1.54, 1.807) is 0 Å². The van der Waals surface area contributed by atoms with Crippen molar-refractivity contribution in [2.24, 2.45) is 5.41 Å². The van der Waals surface area contributed by atoms with Crippen molar-refractivity contribution in [3.8, 4) is 5.75 Å². The van der Waals surface area contributed by atoms with Crippen LogP contribution >= 0.6 is 0 Å². The monoisotopic (exact) mass is 249 g/mol. The SMILES string of the molecule is Cc1cc(CNCC2(CCO)CC2)cc(C)c1O. The van der Waals surface area contributed by atoms with Gasteiger partial charge in [-0.25, -0.2) is 0 Å². The van der Waals surface area contributed by atoms with E-state index in [-0.39, 0.29) is 0 Å². The van der Waals surface area contributed by atoms with Gasteiger partial charge in [0.15, 0.2) is 0 Å². The highest BCUT2D eigenvalue weighted by Gasteiger charge is 2.41. The van der Waals surface area contributed by atoms with Gasteiger partial charge >= 0.3 is 0 Å². The summed E-state index contributed by atoms with van der Waals surface area (Å²) >= 11 is 0. The van der Waals surface area contributed by atoms with Gasteiger partial charge in [-0.1, -0.05) is 12.1 Å². The van der Waals surface area contributed by atoms with Crippen molar-refractivity contribution in [1.29, 1.82) is 0 Å². The van der Waals surface area contributed by atoms with E-state index in [4.69, 9.17) is 5.11 Å². The minimum Gasteiger partial charge on any atom is -0.507 e. The molecule has 1 aromatic carbocycles. The van der Waals surface area contributed by atoms with E-state index in [2.05, 4.69) is 5.32 Å². The van der Waals surface area contributed by atoms with Gasteiger partial charge in [0.2, 0.25) is 0 Å². The average Bonchev–Trinajstić information content (AvgIpc) is 3.06. The third-order valence-electron chi connectivity index (χ3n) is 3.98. The molecule has 1 aliphatic carbocycles. The molecule has 0 radical (unpaired) electrons. The van der Waals surface area contributed by atoms with Gasteiger partial charge in [0.25, 0.3) is 0 Å². The maximum absolute atomic E-state index is 9.72. The van der Waals surface area contributed by atoms with Gasteiger partial charge in [-0.2, -0.15) is 0 Å². The number of hydrogen-bond donors (Lipinski definition) is 3. The van der Waals surface area contributed by atoms with Crippen molar-refractivity contribution in [1.82, 2.24) is 5.32 Å². The maximum Gasteiger partial charge on any atom is 0.121 e. The van der Waals surface area contributed by atoms with Gasteiger partial charge in [-0.15, -0.1) is 0 Å². The quantitative estimate of drug-likeness (QED) is 0.725. The first-order chi connectivity index (χ1) is 8.56. The van der Waals surface area contributed by atoms with Crippen molar-refractivity contribution in [2.45, 2.75) is 39.7 Å². The standard InChI is InChI=1S/C15H23NO2/c1-11-7-13(8-12(2)14(11)18)9-16-10-15(3-4-15)5-6-17/h7-8,16-18H,3-6,9-10H2,1-2H3. The number of aliphatic hydroxyl groups is 1. The van der Waals surface area contributed by atoms with Gasteiger partial charge in [0, 0.05) is 19.7 Å². The molecule has 3 nitrogen and oxygen atoms in total. The molecule has 1 saturated carbocycles. The Labute approximate surface area is 109 Å². The molecule has 0 unspecified atom stereocenters. The van der Waals surface area contributed by atoms with Crippen molar-refractivity contribution in [2.75, 3.05) is 13.2 Å². The van der Waals surface area contributed by atoms with Crippen LogP contribution in [0.5, 0.6) is 5.75 Å². The second kappa shape index (κ2) is 5.29. The second-order valence-electron chi connectivity index (χ2n) is 5.66. The molecule has 0 aromatic heterocycles. The number of rotatable bonds is 6. The van der Waals surface area contributed by atoms with Gasteiger partial charge in [-0.3, -0.25) is 0 Å². The van der Waals surface area contributed by atoms with E-state index in [1.807, 2.05) is 26.0 Å². The summed E-state index contributed by atoms with van der Waals surface area (Å²) in [6.07, 6.45) is 3.37. The summed E-state index contributed by atoms with van der Waals surface area (Å²) in [4.78, 5) is 0. The summed E-state index contributed by atoms with van der Waals surface area (Å²) in [5.41, 5.74) is 3.43. The van der Waals surface area contributed by atoms with Gasteiger partial charge in [0.1, 0.15) is 5.75 Å². The lowest BCUT2D eigenvalue weighted by molar-refractivity contribution is 0.245. The summed E-state index contributed by atoms with van der Waals surface area (Å²) in [6.45, 7) is 5.96. The lowest BCUT2D eigenvalue weighted by Crippen LogP contribution is -2.24. The number of phenols is 1. The van der Waals surface area contributed by atoms with Crippen molar-refractivity contribution >= 4 is 0 Å². The largest absolute Gasteiger partial charge is 0.507 e. The Morgan fingerprint density at radius 2 is 1.83 bits per heavy atom. The highest BCUT2D eigenvalue weighted by Crippen LogP contribution is 2.47. The first kappa shape index (κ1) is 13.4. The molecule has 1 aliphatic rings. The molecule has 0 amide bonds. The molecule has 100 valence electrons. The normalized spacial score (nSPS) is 16.8. The lowest BCUT2D eigenvalue weighted by Gasteiger charge is -2.15. The molecular weight excluding hydrogens is 226 g/mol. The summed E-state index contributed by atoms with van der Waals surface area (Å²) in [6, 6.07) is 4.06. The number of aryl methyl sites for hydroxylation is 2. The number of hydrogen-bond acceptors (Lipinski definition) is 3. The Bertz CT molecular complexity index is 401. The fraction of sp³-hybridized carbons (Fsp3) is 0.600. The first-order valence-corrected chi connectivity index (χ1v) is 6.67. The van der Waals surface area contributed by atoms with Crippen LogP contribution in [0, 0.1) is 19.3 Å². The van der Waals surface area contributed by atoms with Crippen LogP contribution in [-0.2, 0) is 6.54 Å². The molecule has 0 aliphatic heterocycles. The van der Waals surface area contributed by atoms with Crippen LogP contribution in [0.25, 0.3) is 0 Å². The van der Waals surface area contributed by atoms with Gasteiger partial charge < -0.3 is 15.5 Å². The van der Waals surface area contributed by atoms with Crippen molar-refractivity contribution < 1.29 is 10.2 Å². The summed E-state index contributed by atoms with van der Waals surface area (Å²) in [7, 11) is 0. The highest BCUT2D eigenvalue weighted by molar-refractivity contribution is 5.42. The fourth-order valence-electron chi connectivity index (χ4n) is 2.55. The second-order valence-corrected chi connectivity index (χ2v) is 5.66. The molecule has 0 spiro atoms. The zero-order valence-electron chi connectivity index (χ0n) is 11.3. The number of aliphatic hydroxyl groups excluding tert-OH is 1. The minimum absolute atomic E-state index is 0.291. The predicted octanol–water partition coefficient (Wildman–Crippen LogP) is 2.26. The van der Waals surface area contributed by atoms with Crippen LogP contribution in [0.1, 0.15) is 36.0 Å². The van der Waals surface area contributed by atoms with Crippen LogP contribution < -0.4 is 5.32 Å². The Morgan fingerprint density at radius 1 is 1.22 bits per heavy atom. The van der Waals surface area contributed by atoms with Crippen molar-refractivity contribution in [3.05, 3.63) is 28.8 Å². The third-order valence-corrected chi connectivity index (χ3v) is 3.98. The number of aromatic hydroxyl groups is 1. The maximum atomic E-state index is 9.72. The van der Waals surface area contributed by atoms with Crippen LogP contribution in [0.2, 0.25) is 0 Å². The number of nitrogens with one attached hydrogen (secondary N) is 1. The molecule has 0 atom stereocenters. The fourth-order valence-corrected chi connectivity index (χ4v) is 2.55. The lowest BCUT2D eigenvalue weighted by atomic mass is 10.0. The molecule has 1 fully saturated rings. The molecule has 0 saturated heterocycles. The topological polar surface area (TPSA) is 52.5 Å². The van der Waals surface area contributed by atoms with E-state index in [1.165, 1.54) is 18.4 Å². The highest BCUT2D eigenvalue weighted by atomic mass is 16.3. The first-order valence-electron chi connectivity index (χ1n) is 6.67. The zero-order valence-corrected chi connectivity index (χ0v) is 11.3. The van der Waals surface area contributed by atoms with E-state index >= 15 is 0 Å². The van der Waals surface area contributed by atoms with Crippen molar-refractivity contribution in [3.63, 3.8) is 0 Å². The average molecular weight is 249 g/mol. The minimum atomic E-state index is 0.291. The summed E-state index contributed by atoms with van der Waals surface area (Å²) in [5.74, 6) is 0.401. The van der Waals surface area contributed by atoms with Gasteiger partial charge in [-0.05, 0) is 55.2 Å². The third kappa shape index (κ3) is 3.03. The number of benzene rings is 1. The Balaban J connectivity index is 1.87. The molecule has 0 bridgehead atoms. The van der Waals surface area contributed by atoms with Crippen LogP contribution in [-0.4, -0.2) is 23.4 Å². The molecular formula is C15H23NO2. The molecule has 2 rings (SSSR count). The zero-order chi connectivity index (χ0) is 13.2. The van der Waals surface area contributed by atoms with Crippen LogP contribution in [0.15, 0.2) is 12.1 Å². The van der Waals surface area contributed by atoms with Gasteiger partial charge in [0.05, 0.1) is 0 Å². The molecule has 1 aromatic rings.